The van der Waals surface area contributed by atoms with Crippen LogP contribution in [-0.2, 0) is 5.60 Å². The van der Waals surface area contributed by atoms with E-state index in [4.69, 9.17) is 0 Å². The average molecular weight is 292 g/mol. The lowest BCUT2D eigenvalue weighted by Gasteiger charge is -2.26. The molecule has 0 saturated heterocycles. The van der Waals surface area contributed by atoms with Gasteiger partial charge in [0.15, 0.2) is 0 Å². The van der Waals surface area contributed by atoms with Crippen LogP contribution in [0.25, 0.3) is 0 Å². The number of hydrogen-bond acceptors (Lipinski definition) is 2. The molecule has 0 aliphatic carbocycles. The smallest absolute Gasteiger partial charge is 0.114 e. The lowest BCUT2D eigenvalue weighted by Crippen LogP contribution is -2.24. The Morgan fingerprint density at radius 1 is 1.29 bits per heavy atom. The SMILES string of the molecule is Cc1ccncc1C(C)(O)c1cccc(Br)c1. The summed E-state index contributed by atoms with van der Waals surface area (Å²) in [5, 5.41) is 10.7. The summed E-state index contributed by atoms with van der Waals surface area (Å²) in [5.74, 6) is 0. The highest BCUT2D eigenvalue weighted by Crippen LogP contribution is 2.31. The van der Waals surface area contributed by atoms with Crippen molar-refractivity contribution in [1.29, 1.82) is 0 Å². The Hall–Kier alpha value is -1.19. The van der Waals surface area contributed by atoms with Crippen LogP contribution in [0.1, 0.15) is 23.6 Å². The third-order valence-electron chi connectivity index (χ3n) is 2.95. The Balaban J connectivity index is 2.53. The fraction of sp³-hybridized carbons (Fsp3) is 0.214. The normalized spacial score (nSPS) is 14.4. The van der Waals surface area contributed by atoms with E-state index in [0.717, 1.165) is 21.2 Å². The molecule has 0 amide bonds. The van der Waals surface area contributed by atoms with Gasteiger partial charge in [-0.1, -0.05) is 28.1 Å². The van der Waals surface area contributed by atoms with E-state index in [0.29, 0.717) is 0 Å². The number of aliphatic hydroxyl groups is 1. The van der Waals surface area contributed by atoms with Crippen LogP contribution < -0.4 is 0 Å². The lowest BCUT2D eigenvalue weighted by molar-refractivity contribution is 0.101. The first kappa shape index (κ1) is 12.3. The number of nitrogens with zero attached hydrogens (tertiary/aromatic N) is 1. The molecule has 1 heterocycles. The predicted molar refractivity (Wildman–Crippen MR) is 71.8 cm³/mol. The summed E-state index contributed by atoms with van der Waals surface area (Å²) in [5.41, 5.74) is 1.69. The van der Waals surface area contributed by atoms with Crippen LogP contribution in [0.3, 0.4) is 0 Å². The fourth-order valence-electron chi connectivity index (χ4n) is 1.92. The van der Waals surface area contributed by atoms with E-state index in [1.54, 1.807) is 19.3 Å². The van der Waals surface area contributed by atoms with Crippen molar-refractivity contribution in [3.63, 3.8) is 0 Å². The van der Waals surface area contributed by atoms with Crippen LogP contribution in [0.5, 0.6) is 0 Å². The molecule has 0 aliphatic heterocycles. The summed E-state index contributed by atoms with van der Waals surface area (Å²) in [6.45, 7) is 3.77. The molecule has 1 atom stereocenters. The van der Waals surface area contributed by atoms with Crippen molar-refractivity contribution in [2.45, 2.75) is 19.4 Å². The van der Waals surface area contributed by atoms with Gasteiger partial charge in [-0.05, 0) is 43.2 Å². The van der Waals surface area contributed by atoms with Crippen LogP contribution >= 0.6 is 15.9 Å². The van der Waals surface area contributed by atoms with Gasteiger partial charge in [0.25, 0.3) is 0 Å². The molecular weight excluding hydrogens is 278 g/mol. The minimum absolute atomic E-state index is 0.832. The Bertz CT molecular complexity index is 537. The van der Waals surface area contributed by atoms with E-state index in [1.165, 1.54) is 0 Å². The topological polar surface area (TPSA) is 33.1 Å². The molecule has 0 radical (unpaired) electrons. The number of halogens is 1. The van der Waals surface area contributed by atoms with Crippen molar-refractivity contribution in [2.75, 3.05) is 0 Å². The monoisotopic (exact) mass is 291 g/mol. The molecule has 2 rings (SSSR count). The van der Waals surface area contributed by atoms with Crippen LogP contribution in [0.2, 0.25) is 0 Å². The molecule has 1 unspecified atom stereocenters. The van der Waals surface area contributed by atoms with E-state index in [2.05, 4.69) is 20.9 Å². The molecule has 1 N–H and O–H groups in total. The van der Waals surface area contributed by atoms with E-state index in [-0.39, 0.29) is 0 Å². The second kappa shape index (κ2) is 4.59. The van der Waals surface area contributed by atoms with Crippen molar-refractivity contribution < 1.29 is 5.11 Å². The molecule has 2 aromatic rings. The highest BCUT2D eigenvalue weighted by molar-refractivity contribution is 9.10. The van der Waals surface area contributed by atoms with Gasteiger partial charge in [0, 0.05) is 22.4 Å². The van der Waals surface area contributed by atoms with Crippen molar-refractivity contribution in [2.24, 2.45) is 0 Å². The summed E-state index contributed by atoms with van der Waals surface area (Å²) in [6, 6.07) is 9.60. The first-order chi connectivity index (χ1) is 8.01. The van der Waals surface area contributed by atoms with Gasteiger partial charge in [-0.25, -0.2) is 0 Å². The Morgan fingerprint density at radius 2 is 2.06 bits per heavy atom. The molecule has 0 bridgehead atoms. The summed E-state index contributed by atoms with van der Waals surface area (Å²) in [7, 11) is 0. The third kappa shape index (κ3) is 2.40. The van der Waals surface area contributed by atoms with Gasteiger partial charge in [-0.15, -0.1) is 0 Å². The van der Waals surface area contributed by atoms with Gasteiger partial charge in [0.1, 0.15) is 5.60 Å². The first-order valence-electron chi connectivity index (χ1n) is 5.41. The molecule has 2 nitrogen and oxygen atoms in total. The number of rotatable bonds is 2. The average Bonchev–Trinajstić information content (AvgIpc) is 2.29. The van der Waals surface area contributed by atoms with Crippen molar-refractivity contribution >= 4 is 15.9 Å². The Labute approximate surface area is 109 Å². The van der Waals surface area contributed by atoms with E-state index in [1.807, 2.05) is 37.3 Å². The highest BCUT2D eigenvalue weighted by atomic mass is 79.9. The molecular formula is C14H14BrNO. The Morgan fingerprint density at radius 3 is 2.71 bits per heavy atom. The molecule has 1 aromatic heterocycles. The molecule has 1 aromatic carbocycles. The third-order valence-corrected chi connectivity index (χ3v) is 3.44. The van der Waals surface area contributed by atoms with Crippen molar-refractivity contribution in [3.8, 4) is 0 Å². The fourth-order valence-corrected chi connectivity index (χ4v) is 2.32. The highest BCUT2D eigenvalue weighted by Gasteiger charge is 2.27. The molecule has 0 saturated carbocycles. The van der Waals surface area contributed by atoms with Crippen LogP contribution in [-0.4, -0.2) is 10.1 Å². The van der Waals surface area contributed by atoms with Gasteiger partial charge < -0.3 is 5.11 Å². The maximum atomic E-state index is 10.7. The van der Waals surface area contributed by atoms with E-state index in [9.17, 15) is 5.11 Å². The Kier molecular flexibility index (Phi) is 3.31. The number of aromatic nitrogens is 1. The summed E-state index contributed by atoms with van der Waals surface area (Å²) in [6.07, 6.45) is 3.45. The summed E-state index contributed by atoms with van der Waals surface area (Å²) in [4.78, 5) is 4.09. The number of pyridine rings is 1. The largest absolute Gasteiger partial charge is 0.381 e. The minimum atomic E-state index is -1.03. The van der Waals surface area contributed by atoms with Crippen LogP contribution in [0, 0.1) is 6.92 Å². The zero-order valence-corrected chi connectivity index (χ0v) is 11.4. The van der Waals surface area contributed by atoms with Crippen molar-refractivity contribution in [1.82, 2.24) is 4.98 Å². The number of aryl methyl sites for hydroxylation is 1. The maximum Gasteiger partial charge on any atom is 0.114 e. The van der Waals surface area contributed by atoms with Gasteiger partial charge in [0.2, 0.25) is 0 Å². The second-order valence-electron chi connectivity index (χ2n) is 4.27. The van der Waals surface area contributed by atoms with Crippen LogP contribution in [0.15, 0.2) is 47.2 Å². The second-order valence-corrected chi connectivity index (χ2v) is 5.19. The molecule has 0 spiro atoms. The maximum absolute atomic E-state index is 10.7. The number of benzene rings is 1. The summed E-state index contributed by atoms with van der Waals surface area (Å²) < 4.78 is 0.955. The number of hydrogen-bond donors (Lipinski definition) is 1. The summed E-state index contributed by atoms with van der Waals surface area (Å²) >= 11 is 3.42. The quantitative estimate of drug-likeness (QED) is 0.920. The van der Waals surface area contributed by atoms with Gasteiger partial charge in [-0.3, -0.25) is 4.98 Å². The van der Waals surface area contributed by atoms with Gasteiger partial charge in [-0.2, -0.15) is 0 Å². The van der Waals surface area contributed by atoms with E-state index < -0.39 is 5.60 Å². The lowest BCUT2D eigenvalue weighted by atomic mass is 9.87. The van der Waals surface area contributed by atoms with E-state index >= 15 is 0 Å². The molecule has 0 fully saturated rings. The van der Waals surface area contributed by atoms with Gasteiger partial charge in [0.05, 0.1) is 0 Å². The standard InChI is InChI=1S/C14H14BrNO/c1-10-6-7-16-9-13(10)14(2,17)11-4-3-5-12(15)8-11/h3-9,17H,1-2H3. The molecule has 88 valence electrons. The zero-order chi connectivity index (χ0) is 12.5. The predicted octanol–water partition coefficient (Wildman–Crippen LogP) is 3.41. The van der Waals surface area contributed by atoms with Gasteiger partial charge >= 0.3 is 0 Å². The minimum Gasteiger partial charge on any atom is -0.381 e. The van der Waals surface area contributed by atoms with Crippen LogP contribution in [0.4, 0.5) is 0 Å². The molecule has 17 heavy (non-hydrogen) atoms. The zero-order valence-electron chi connectivity index (χ0n) is 9.81. The van der Waals surface area contributed by atoms with Crippen molar-refractivity contribution in [3.05, 3.63) is 63.9 Å². The molecule has 3 heteroatoms. The first-order valence-corrected chi connectivity index (χ1v) is 6.20. The molecule has 0 aliphatic rings.